The van der Waals surface area contributed by atoms with Crippen LogP contribution in [0.1, 0.15) is 10.4 Å². The summed E-state index contributed by atoms with van der Waals surface area (Å²) < 4.78 is 27.2. The molecule has 7 heteroatoms. The average Bonchev–Trinajstić information content (AvgIpc) is 2.15. The van der Waals surface area contributed by atoms with Gasteiger partial charge in [0.2, 0.25) is 10.0 Å². The van der Waals surface area contributed by atoms with Gasteiger partial charge in [-0.3, -0.25) is 0 Å². The normalized spacial score (nSPS) is 11.1. The summed E-state index contributed by atoms with van der Waals surface area (Å²) in [6, 6.07) is 4.16. The number of methoxy groups -OCH3 is 1. The molecule has 0 unspecified atom stereocenters. The van der Waals surface area contributed by atoms with Crippen molar-refractivity contribution in [1.82, 2.24) is 0 Å². The summed E-state index contributed by atoms with van der Waals surface area (Å²) >= 11 is 1.83. The van der Waals surface area contributed by atoms with Gasteiger partial charge in [0.05, 0.1) is 17.6 Å². The Morgan fingerprint density at radius 3 is 2.53 bits per heavy atom. The third-order valence-corrected chi connectivity index (χ3v) is 3.92. The van der Waals surface area contributed by atoms with Crippen molar-refractivity contribution in [3.05, 3.63) is 27.3 Å². The van der Waals surface area contributed by atoms with E-state index in [4.69, 9.17) is 5.14 Å². The van der Waals surface area contributed by atoms with E-state index in [0.29, 0.717) is 3.57 Å². The third-order valence-electron chi connectivity index (χ3n) is 1.66. The fraction of sp³-hybridized carbons (Fsp3) is 0.125. The maximum Gasteiger partial charge on any atom is 0.337 e. The molecule has 0 aliphatic rings. The van der Waals surface area contributed by atoms with Crippen molar-refractivity contribution in [3.63, 3.8) is 0 Å². The second kappa shape index (κ2) is 4.45. The monoisotopic (exact) mass is 341 g/mol. The van der Waals surface area contributed by atoms with E-state index < -0.39 is 16.0 Å². The van der Waals surface area contributed by atoms with Gasteiger partial charge in [-0.05, 0) is 40.8 Å². The van der Waals surface area contributed by atoms with Crippen molar-refractivity contribution in [1.29, 1.82) is 0 Å². The lowest BCUT2D eigenvalue weighted by Gasteiger charge is -2.04. The number of hydrogen-bond acceptors (Lipinski definition) is 4. The van der Waals surface area contributed by atoms with Crippen LogP contribution in [0.25, 0.3) is 0 Å². The lowest BCUT2D eigenvalue weighted by molar-refractivity contribution is 0.0600. The molecule has 0 fully saturated rings. The molecule has 0 aliphatic carbocycles. The highest BCUT2D eigenvalue weighted by Gasteiger charge is 2.15. The lowest BCUT2D eigenvalue weighted by Crippen LogP contribution is -2.15. The van der Waals surface area contributed by atoms with Gasteiger partial charge in [-0.2, -0.15) is 0 Å². The van der Waals surface area contributed by atoms with E-state index in [-0.39, 0.29) is 10.5 Å². The Hall–Kier alpha value is -0.670. The molecule has 0 saturated heterocycles. The van der Waals surface area contributed by atoms with Gasteiger partial charge in [-0.15, -0.1) is 0 Å². The van der Waals surface area contributed by atoms with Crippen LogP contribution < -0.4 is 5.14 Å². The summed E-state index contributed by atoms with van der Waals surface area (Å²) in [5, 5.41) is 4.98. The Morgan fingerprint density at radius 1 is 1.47 bits per heavy atom. The van der Waals surface area contributed by atoms with Crippen LogP contribution in [-0.4, -0.2) is 21.5 Å². The van der Waals surface area contributed by atoms with Crippen molar-refractivity contribution in [2.75, 3.05) is 7.11 Å². The van der Waals surface area contributed by atoms with Crippen LogP contribution in [-0.2, 0) is 14.8 Å². The molecule has 15 heavy (non-hydrogen) atoms. The van der Waals surface area contributed by atoms with Crippen LogP contribution in [0.2, 0.25) is 0 Å². The third kappa shape index (κ3) is 2.89. The van der Waals surface area contributed by atoms with Crippen LogP contribution in [0.15, 0.2) is 23.1 Å². The summed E-state index contributed by atoms with van der Waals surface area (Å²) in [5.41, 5.74) is 0.155. The fourth-order valence-corrected chi connectivity index (χ4v) is 2.85. The zero-order valence-corrected chi connectivity index (χ0v) is 10.7. The van der Waals surface area contributed by atoms with Crippen LogP contribution in [0.3, 0.4) is 0 Å². The number of esters is 1. The molecule has 0 heterocycles. The molecular weight excluding hydrogens is 333 g/mol. The number of carbonyl (C=O) groups is 1. The number of primary sulfonamides is 1. The Labute approximate surface area is 101 Å². The minimum atomic E-state index is -3.81. The fourth-order valence-electron chi connectivity index (χ4n) is 0.966. The van der Waals surface area contributed by atoms with Crippen LogP contribution >= 0.6 is 22.6 Å². The van der Waals surface area contributed by atoms with Gasteiger partial charge in [-0.1, -0.05) is 0 Å². The highest BCUT2D eigenvalue weighted by molar-refractivity contribution is 14.1. The standard InChI is InChI=1S/C8H8INO4S/c1-14-8(11)5-2-3-6(9)7(4-5)15(10,12)13/h2-4H,1H3,(H2,10,12,13). The van der Waals surface area contributed by atoms with Crippen molar-refractivity contribution in [3.8, 4) is 0 Å². The first-order valence-electron chi connectivity index (χ1n) is 3.77. The Balaban J connectivity index is 3.36. The lowest BCUT2D eigenvalue weighted by atomic mass is 10.2. The van der Waals surface area contributed by atoms with Crippen molar-refractivity contribution in [2.24, 2.45) is 5.14 Å². The zero-order chi connectivity index (χ0) is 11.6. The van der Waals surface area contributed by atoms with E-state index in [1.54, 1.807) is 0 Å². The van der Waals surface area contributed by atoms with E-state index in [1.807, 2.05) is 22.6 Å². The molecular formula is C8H8INO4S. The smallest absolute Gasteiger partial charge is 0.337 e. The average molecular weight is 341 g/mol. The van der Waals surface area contributed by atoms with Crippen molar-refractivity contribution < 1.29 is 17.9 Å². The molecule has 1 rings (SSSR count). The van der Waals surface area contributed by atoms with E-state index in [2.05, 4.69) is 4.74 Å². The molecule has 2 N–H and O–H groups in total. The molecule has 5 nitrogen and oxygen atoms in total. The second-order valence-corrected chi connectivity index (χ2v) is 5.37. The Kier molecular flexibility index (Phi) is 3.68. The minimum Gasteiger partial charge on any atom is -0.465 e. The van der Waals surface area contributed by atoms with Gasteiger partial charge in [0.15, 0.2) is 0 Å². The SMILES string of the molecule is COC(=O)c1ccc(I)c(S(N)(=O)=O)c1. The second-order valence-electron chi connectivity index (χ2n) is 2.68. The number of hydrogen-bond donors (Lipinski definition) is 1. The van der Waals surface area contributed by atoms with E-state index >= 15 is 0 Å². The molecule has 0 atom stereocenters. The number of halogens is 1. The molecule has 1 aromatic rings. The molecule has 0 bridgehead atoms. The highest BCUT2D eigenvalue weighted by atomic mass is 127. The molecule has 0 radical (unpaired) electrons. The van der Waals surface area contributed by atoms with E-state index in [0.717, 1.165) is 0 Å². The zero-order valence-electron chi connectivity index (χ0n) is 7.73. The Morgan fingerprint density at radius 2 is 2.07 bits per heavy atom. The van der Waals surface area contributed by atoms with Crippen LogP contribution in [0, 0.1) is 3.57 Å². The summed E-state index contributed by atoms with van der Waals surface area (Å²) in [6.07, 6.45) is 0. The topological polar surface area (TPSA) is 86.5 Å². The molecule has 0 amide bonds. The van der Waals surface area contributed by atoms with Crippen molar-refractivity contribution in [2.45, 2.75) is 4.90 Å². The first kappa shape index (κ1) is 12.4. The van der Waals surface area contributed by atoms with Gasteiger partial charge >= 0.3 is 5.97 Å². The molecule has 82 valence electrons. The number of ether oxygens (including phenoxy) is 1. The van der Waals surface area contributed by atoms with E-state index in [9.17, 15) is 13.2 Å². The number of carbonyl (C=O) groups excluding carboxylic acids is 1. The first-order valence-corrected chi connectivity index (χ1v) is 6.39. The predicted molar refractivity (Wildman–Crippen MR) is 61.9 cm³/mol. The molecule has 0 spiro atoms. The quantitative estimate of drug-likeness (QED) is 0.635. The van der Waals surface area contributed by atoms with Gasteiger partial charge in [0.25, 0.3) is 0 Å². The molecule has 0 saturated carbocycles. The van der Waals surface area contributed by atoms with Crippen LogP contribution in [0.4, 0.5) is 0 Å². The number of rotatable bonds is 2. The maximum atomic E-state index is 11.1. The summed E-state index contributed by atoms with van der Waals surface area (Å²) in [6.45, 7) is 0. The Bertz CT molecular complexity index is 497. The van der Waals surface area contributed by atoms with Gasteiger partial charge in [0.1, 0.15) is 0 Å². The molecule has 0 aliphatic heterocycles. The maximum absolute atomic E-state index is 11.1. The van der Waals surface area contributed by atoms with E-state index in [1.165, 1.54) is 25.3 Å². The minimum absolute atomic E-state index is 0.0778. The van der Waals surface area contributed by atoms with Crippen LogP contribution in [0.5, 0.6) is 0 Å². The summed E-state index contributed by atoms with van der Waals surface area (Å²) in [7, 11) is -2.59. The van der Waals surface area contributed by atoms with Gasteiger partial charge in [-0.25, -0.2) is 18.4 Å². The number of sulfonamides is 1. The van der Waals surface area contributed by atoms with Gasteiger partial charge in [0, 0.05) is 3.57 Å². The van der Waals surface area contributed by atoms with Crippen molar-refractivity contribution >= 4 is 38.6 Å². The first-order chi connectivity index (χ1) is 6.86. The summed E-state index contributed by atoms with van der Waals surface area (Å²) in [5.74, 6) is -0.601. The number of benzene rings is 1. The molecule has 1 aromatic carbocycles. The summed E-state index contributed by atoms with van der Waals surface area (Å²) in [4.78, 5) is 11.1. The predicted octanol–water partition coefficient (Wildman–Crippen LogP) is 0.725. The largest absolute Gasteiger partial charge is 0.465 e. The van der Waals surface area contributed by atoms with Gasteiger partial charge < -0.3 is 4.74 Å². The molecule has 0 aromatic heterocycles. The number of nitrogens with two attached hydrogens (primary N) is 1. The highest BCUT2D eigenvalue weighted by Crippen LogP contribution is 2.18.